The highest BCUT2D eigenvalue weighted by Gasteiger charge is 2.32. The van der Waals surface area contributed by atoms with Crippen molar-refractivity contribution in [2.24, 2.45) is 5.92 Å². The molecule has 0 bridgehead atoms. The van der Waals surface area contributed by atoms with E-state index in [1.807, 2.05) is 0 Å². The molecule has 0 spiro atoms. The van der Waals surface area contributed by atoms with Crippen molar-refractivity contribution in [3.63, 3.8) is 0 Å². The summed E-state index contributed by atoms with van der Waals surface area (Å²) in [5.41, 5.74) is -0.559. The lowest BCUT2D eigenvalue weighted by Gasteiger charge is -2.15. The molecule has 3 atom stereocenters. The molecule has 0 saturated carbocycles. The Morgan fingerprint density at radius 3 is 2.95 bits per heavy atom. The summed E-state index contributed by atoms with van der Waals surface area (Å²) in [5, 5.41) is 0. The van der Waals surface area contributed by atoms with Gasteiger partial charge in [-0.05, 0) is 30.9 Å². The van der Waals surface area contributed by atoms with Gasteiger partial charge in [0.25, 0.3) is 5.56 Å². The van der Waals surface area contributed by atoms with Crippen molar-refractivity contribution in [1.29, 1.82) is 0 Å². The lowest BCUT2D eigenvalue weighted by atomic mass is 10.0. The van der Waals surface area contributed by atoms with E-state index < -0.39 is 11.2 Å². The van der Waals surface area contributed by atoms with Crippen LogP contribution in [0.5, 0.6) is 0 Å². The quantitative estimate of drug-likeness (QED) is 0.850. The van der Waals surface area contributed by atoms with Crippen LogP contribution < -0.4 is 11.2 Å². The Balaban J connectivity index is 2.38. The van der Waals surface area contributed by atoms with Gasteiger partial charge in [-0.3, -0.25) is 14.3 Å². The molecule has 1 aromatic rings. The number of hydrogen-bond acceptors (Lipinski definition) is 3. The van der Waals surface area contributed by atoms with Crippen molar-refractivity contribution < 1.29 is 4.74 Å². The van der Waals surface area contributed by atoms with E-state index in [0.717, 1.165) is 12.8 Å². The molecule has 1 saturated heterocycles. The summed E-state index contributed by atoms with van der Waals surface area (Å²) in [6.45, 7) is 4.16. The molecule has 1 fully saturated rings. The van der Waals surface area contributed by atoms with Crippen molar-refractivity contribution in [3.05, 3.63) is 38.7 Å². The molecule has 0 radical (unpaired) electrons. The second-order valence-electron chi connectivity index (χ2n) is 5.00. The first-order valence-electron chi connectivity index (χ1n) is 6.70. The van der Waals surface area contributed by atoms with Crippen molar-refractivity contribution in [2.75, 3.05) is 0 Å². The number of terminal acetylenes is 1. The van der Waals surface area contributed by atoms with Crippen LogP contribution in [0.3, 0.4) is 0 Å². The number of aromatic nitrogens is 2. The number of rotatable bonds is 3. The van der Waals surface area contributed by atoms with Gasteiger partial charge in [0.05, 0.1) is 11.7 Å². The maximum atomic E-state index is 11.9. The number of aromatic amines is 1. The van der Waals surface area contributed by atoms with E-state index in [-0.39, 0.29) is 12.3 Å². The van der Waals surface area contributed by atoms with E-state index in [2.05, 4.69) is 24.8 Å². The highest BCUT2D eigenvalue weighted by molar-refractivity contribution is 5.50. The number of ether oxygens (including phenoxy) is 1. The van der Waals surface area contributed by atoms with Crippen LogP contribution in [0.1, 0.15) is 38.5 Å². The Bertz CT molecular complexity index is 663. The monoisotopic (exact) mass is 274 g/mol. The summed E-state index contributed by atoms with van der Waals surface area (Å²) < 4.78 is 7.30. The van der Waals surface area contributed by atoms with E-state index in [1.165, 1.54) is 22.9 Å². The van der Waals surface area contributed by atoms with Gasteiger partial charge in [-0.2, -0.15) is 0 Å². The SMILES string of the molecule is C#C/C=C/c1cn([C@H]2CC(C)[C@@H](CC)O2)c(=O)[nH]c1=O. The second kappa shape index (κ2) is 5.93. The zero-order valence-corrected chi connectivity index (χ0v) is 11.6. The molecular weight excluding hydrogens is 256 g/mol. The smallest absolute Gasteiger partial charge is 0.330 e. The van der Waals surface area contributed by atoms with Crippen LogP contribution in [0.2, 0.25) is 0 Å². The number of H-pyrrole nitrogens is 1. The molecular formula is C15H18N2O3. The molecule has 0 aromatic carbocycles. The third kappa shape index (κ3) is 2.75. The zero-order valence-electron chi connectivity index (χ0n) is 11.6. The van der Waals surface area contributed by atoms with E-state index in [0.29, 0.717) is 11.5 Å². The third-order valence-electron chi connectivity index (χ3n) is 3.61. The average molecular weight is 274 g/mol. The first-order valence-corrected chi connectivity index (χ1v) is 6.70. The Morgan fingerprint density at radius 2 is 2.35 bits per heavy atom. The Morgan fingerprint density at radius 1 is 1.60 bits per heavy atom. The number of hydrogen-bond donors (Lipinski definition) is 1. The number of nitrogens with one attached hydrogen (secondary N) is 1. The Hall–Kier alpha value is -2.06. The van der Waals surface area contributed by atoms with Gasteiger partial charge in [-0.15, -0.1) is 6.42 Å². The van der Waals surface area contributed by atoms with Crippen molar-refractivity contribution in [1.82, 2.24) is 9.55 Å². The van der Waals surface area contributed by atoms with Crippen molar-refractivity contribution in [3.8, 4) is 12.3 Å². The van der Waals surface area contributed by atoms with Gasteiger partial charge in [-0.1, -0.05) is 19.8 Å². The van der Waals surface area contributed by atoms with Crippen LogP contribution >= 0.6 is 0 Å². The zero-order chi connectivity index (χ0) is 14.7. The average Bonchev–Trinajstić information content (AvgIpc) is 2.79. The van der Waals surface area contributed by atoms with E-state index in [4.69, 9.17) is 11.2 Å². The standard InChI is InChI=1S/C15H18N2O3/c1-4-6-7-11-9-17(15(19)16-14(11)18)13-8-10(3)12(5-2)20-13/h1,6-7,9-10,12-13H,5,8H2,2-3H3,(H,16,18,19)/b7-6+/t10?,12-,13-/m1/s1. The van der Waals surface area contributed by atoms with Crippen LogP contribution in [0.15, 0.2) is 21.9 Å². The molecule has 1 unspecified atom stereocenters. The second-order valence-corrected chi connectivity index (χ2v) is 5.00. The summed E-state index contributed by atoms with van der Waals surface area (Å²) in [6.07, 6.45) is 11.0. The highest BCUT2D eigenvalue weighted by atomic mass is 16.5. The third-order valence-corrected chi connectivity index (χ3v) is 3.61. The Kier molecular flexibility index (Phi) is 4.26. The van der Waals surface area contributed by atoms with Gasteiger partial charge in [0.15, 0.2) is 0 Å². The lowest BCUT2D eigenvalue weighted by Crippen LogP contribution is -2.33. The van der Waals surface area contributed by atoms with E-state index >= 15 is 0 Å². The minimum Gasteiger partial charge on any atom is -0.354 e. The maximum Gasteiger partial charge on any atom is 0.330 e. The van der Waals surface area contributed by atoms with Gasteiger partial charge in [0.2, 0.25) is 0 Å². The van der Waals surface area contributed by atoms with Gasteiger partial charge in [0, 0.05) is 6.20 Å². The first-order chi connectivity index (χ1) is 9.56. The van der Waals surface area contributed by atoms with Gasteiger partial charge >= 0.3 is 5.69 Å². The van der Waals surface area contributed by atoms with Crippen molar-refractivity contribution >= 4 is 6.08 Å². The highest BCUT2D eigenvalue weighted by Crippen LogP contribution is 2.33. The first kappa shape index (κ1) is 14.4. The van der Waals surface area contributed by atoms with Crippen LogP contribution in [-0.2, 0) is 4.74 Å². The predicted octanol–water partition coefficient (Wildman–Crippen LogP) is 1.52. The molecule has 1 aromatic heterocycles. The normalized spacial score (nSPS) is 25.9. The number of nitrogens with zero attached hydrogens (tertiary/aromatic N) is 1. The molecule has 0 amide bonds. The molecule has 1 N–H and O–H groups in total. The summed E-state index contributed by atoms with van der Waals surface area (Å²) in [6, 6.07) is 0. The van der Waals surface area contributed by atoms with Gasteiger partial charge in [-0.25, -0.2) is 4.79 Å². The van der Waals surface area contributed by atoms with Crippen LogP contribution in [0.4, 0.5) is 0 Å². The van der Waals surface area contributed by atoms with E-state index in [9.17, 15) is 9.59 Å². The molecule has 5 heteroatoms. The van der Waals surface area contributed by atoms with Gasteiger partial charge in [0.1, 0.15) is 6.23 Å². The minimum absolute atomic E-state index is 0.142. The summed E-state index contributed by atoms with van der Waals surface area (Å²) >= 11 is 0. The summed E-state index contributed by atoms with van der Waals surface area (Å²) in [7, 11) is 0. The van der Waals surface area contributed by atoms with E-state index in [1.54, 1.807) is 0 Å². The molecule has 5 nitrogen and oxygen atoms in total. The summed E-state index contributed by atoms with van der Waals surface area (Å²) in [5.74, 6) is 2.70. The predicted molar refractivity (Wildman–Crippen MR) is 77.2 cm³/mol. The fourth-order valence-electron chi connectivity index (χ4n) is 2.51. The van der Waals surface area contributed by atoms with Crippen LogP contribution in [0.25, 0.3) is 6.08 Å². The molecule has 1 aliphatic heterocycles. The fraction of sp³-hybridized carbons (Fsp3) is 0.467. The van der Waals surface area contributed by atoms with Crippen LogP contribution in [0, 0.1) is 18.3 Å². The number of allylic oxidation sites excluding steroid dienone is 1. The Labute approximate surface area is 117 Å². The molecule has 2 rings (SSSR count). The van der Waals surface area contributed by atoms with Crippen molar-refractivity contribution in [2.45, 2.75) is 39.0 Å². The largest absolute Gasteiger partial charge is 0.354 e. The minimum atomic E-state index is -0.457. The molecule has 0 aliphatic carbocycles. The lowest BCUT2D eigenvalue weighted by molar-refractivity contribution is -0.00761. The molecule has 1 aliphatic rings. The topological polar surface area (TPSA) is 64.1 Å². The molecule has 20 heavy (non-hydrogen) atoms. The maximum absolute atomic E-state index is 11.9. The summed E-state index contributed by atoms with van der Waals surface area (Å²) in [4.78, 5) is 25.9. The molecule has 106 valence electrons. The van der Waals surface area contributed by atoms with Gasteiger partial charge < -0.3 is 4.74 Å². The molecule has 2 heterocycles. The van der Waals surface area contributed by atoms with Crippen LogP contribution in [-0.4, -0.2) is 15.7 Å². The fourth-order valence-corrected chi connectivity index (χ4v) is 2.51.